The van der Waals surface area contributed by atoms with Crippen LogP contribution in [-0.2, 0) is 4.79 Å². The van der Waals surface area contributed by atoms with E-state index < -0.39 is 0 Å². The van der Waals surface area contributed by atoms with Gasteiger partial charge in [0.15, 0.2) is 5.11 Å². The van der Waals surface area contributed by atoms with Crippen molar-refractivity contribution in [3.8, 4) is 11.4 Å². The molecule has 0 unspecified atom stereocenters. The molecule has 1 fully saturated rings. The van der Waals surface area contributed by atoms with E-state index >= 15 is 0 Å². The number of nitrogens with one attached hydrogen (secondary N) is 2. The molecule has 2 aromatic heterocycles. The van der Waals surface area contributed by atoms with E-state index in [-0.39, 0.29) is 18.0 Å². The van der Waals surface area contributed by atoms with Crippen molar-refractivity contribution in [3.63, 3.8) is 0 Å². The van der Waals surface area contributed by atoms with Gasteiger partial charge in [-0.25, -0.2) is 0 Å². The van der Waals surface area contributed by atoms with Crippen LogP contribution in [0, 0.1) is 0 Å². The molecule has 1 aliphatic rings. The summed E-state index contributed by atoms with van der Waals surface area (Å²) in [6, 6.07) is 22.8. The summed E-state index contributed by atoms with van der Waals surface area (Å²) >= 11 is 12.2. The van der Waals surface area contributed by atoms with Crippen LogP contribution in [0.3, 0.4) is 0 Å². The SMILES string of the molecule is COc1ccc(N2C(=S)N[C@@H](c3ccccn3)[C@@H]2c2cccn2-c2cccc(Cl)c2)cc1NC(C)=O. The van der Waals surface area contributed by atoms with Gasteiger partial charge in [-0.1, -0.05) is 23.7 Å². The van der Waals surface area contributed by atoms with Crippen LogP contribution < -0.4 is 20.3 Å². The number of aromatic nitrogens is 2. The highest BCUT2D eigenvalue weighted by molar-refractivity contribution is 7.80. The van der Waals surface area contributed by atoms with E-state index in [1.54, 1.807) is 13.3 Å². The van der Waals surface area contributed by atoms with Crippen molar-refractivity contribution in [3.05, 3.63) is 102 Å². The van der Waals surface area contributed by atoms with E-state index in [1.165, 1.54) is 6.92 Å². The third kappa shape index (κ3) is 4.53. The second-order valence-electron chi connectivity index (χ2n) is 8.35. The van der Waals surface area contributed by atoms with Gasteiger partial charge in [-0.2, -0.15) is 0 Å². The number of pyridine rings is 1. The van der Waals surface area contributed by atoms with Crippen LogP contribution >= 0.6 is 23.8 Å². The lowest BCUT2D eigenvalue weighted by molar-refractivity contribution is -0.114. The van der Waals surface area contributed by atoms with Gasteiger partial charge in [0.2, 0.25) is 5.91 Å². The number of ether oxygens (including phenoxy) is 1. The van der Waals surface area contributed by atoms with Crippen molar-refractivity contribution in [1.82, 2.24) is 14.9 Å². The second-order valence-corrected chi connectivity index (χ2v) is 9.17. The average Bonchev–Trinajstić information content (AvgIpc) is 3.48. The number of hydrogen-bond donors (Lipinski definition) is 2. The molecular formula is C27H24ClN5O2S. The Hall–Kier alpha value is -3.88. The lowest BCUT2D eigenvalue weighted by Crippen LogP contribution is -2.30. The minimum Gasteiger partial charge on any atom is -0.495 e. The quantitative estimate of drug-likeness (QED) is 0.321. The fourth-order valence-electron chi connectivity index (χ4n) is 4.56. The molecule has 0 bridgehead atoms. The zero-order valence-electron chi connectivity index (χ0n) is 19.7. The molecule has 3 heterocycles. The van der Waals surface area contributed by atoms with Gasteiger partial charge in [-0.15, -0.1) is 0 Å². The van der Waals surface area contributed by atoms with Gasteiger partial charge in [-0.05, 0) is 72.9 Å². The largest absolute Gasteiger partial charge is 0.495 e. The van der Waals surface area contributed by atoms with Gasteiger partial charge in [0, 0.05) is 41.4 Å². The average molecular weight is 518 g/mol. The monoisotopic (exact) mass is 517 g/mol. The molecule has 1 amide bonds. The molecule has 182 valence electrons. The predicted molar refractivity (Wildman–Crippen MR) is 146 cm³/mol. The maximum absolute atomic E-state index is 11.9. The second kappa shape index (κ2) is 10.0. The molecule has 9 heteroatoms. The number of anilines is 2. The molecule has 2 atom stereocenters. The van der Waals surface area contributed by atoms with Gasteiger partial charge in [0.1, 0.15) is 11.8 Å². The molecule has 0 saturated carbocycles. The predicted octanol–water partition coefficient (Wildman–Crippen LogP) is 5.67. The van der Waals surface area contributed by atoms with Crippen LogP contribution in [0.4, 0.5) is 11.4 Å². The molecule has 0 spiro atoms. The molecule has 1 saturated heterocycles. The number of hydrogen-bond acceptors (Lipinski definition) is 4. The summed E-state index contributed by atoms with van der Waals surface area (Å²) < 4.78 is 7.56. The first kappa shape index (κ1) is 23.8. The molecule has 7 nitrogen and oxygen atoms in total. The molecule has 1 aliphatic heterocycles. The fraction of sp³-hybridized carbons (Fsp3) is 0.148. The minimum absolute atomic E-state index is 0.190. The Morgan fingerprint density at radius 3 is 2.67 bits per heavy atom. The Morgan fingerprint density at radius 2 is 1.94 bits per heavy atom. The fourth-order valence-corrected chi connectivity index (χ4v) is 5.09. The number of halogens is 1. The number of amides is 1. The zero-order valence-corrected chi connectivity index (χ0v) is 21.3. The maximum atomic E-state index is 11.9. The Morgan fingerprint density at radius 1 is 1.08 bits per heavy atom. The Balaban J connectivity index is 1.66. The molecule has 0 aliphatic carbocycles. The van der Waals surface area contributed by atoms with Crippen LogP contribution in [0.5, 0.6) is 5.75 Å². The molecule has 5 rings (SSSR count). The summed E-state index contributed by atoms with van der Waals surface area (Å²) in [5.41, 5.74) is 4.17. The third-order valence-electron chi connectivity index (χ3n) is 6.04. The highest BCUT2D eigenvalue weighted by Gasteiger charge is 2.42. The maximum Gasteiger partial charge on any atom is 0.221 e. The molecule has 2 N–H and O–H groups in total. The van der Waals surface area contributed by atoms with Crippen molar-refractivity contribution < 1.29 is 9.53 Å². The Bertz CT molecular complexity index is 1420. The first-order chi connectivity index (χ1) is 17.5. The number of carbonyl (C=O) groups excluding carboxylic acids is 1. The van der Waals surface area contributed by atoms with E-state index in [2.05, 4.69) is 31.2 Å². The number of methoxy groups -OCH3 is 1. The van der Waals surface area contributed by atoms with Crippen molar-refractivity contribution in [1.29, 1.82) is 0 Å². The normalized spacial score (nSPS) is 17.1. The molecule has 4 aromatic rings. The van der Waals surface area contributed by atoms with Gasteiger partial charge in [0.25, 0.3) is 0 Å². The topological polar surface area (TPSA) is 71.4 Å². The highest BCUT2D eigenvalue weighted by atomic mass is 35.5. The van der Waals surface area contributed by atoms with Crippen molar-refractivity contribution >= 4 is 46.2 Å². The number of benzene rings is 2. The van der Waals surface area contributed by atoms with Crippen LogP contribution in [0.15, 0.2) is 85.2 Å². The number of nitrogens with zero attached hydrogens (tertiary/aromatic N) is 3. The van der Waals surface area contributed by atoms with Crippen LogP contribution in [0.2, 0.25) is 5.02 Å². The summed E-state index contributed by atoms with van der Waals surface area (Å²) in [6.07, 6.45) is 3.78. The lowest BCUT2D eigenvalue weighted by Gasteiger charge is -2.29. The summed E-state index contributed by atoms with van der Waals surface area (Å²) in [6.45, 7) is 1.46. The van der Waals surface area contributed by atoms with Crippen LogP contribution in [-0.4, -0.2) is 27.7 Å². The van der Waals surface area contributed by atoms with Crippen molar-refractivity contribution in [2.45, 2.75) is 19.0 Å². The summed E-state index contributed by atoms with van der Waals surface area (Å²) in [5.74, 6) is 0.373. The number of rotatable bonds is 6. The highest BCUT2D eigenvalue weighted by Crippen LogP contribution is 2.43. The first-order valence-electron chi connectivity index (χ1n) is 11.4. The van der Waals surface area contributed by atoms with Crippen LogP contribution in [0.1, 0.15) is 30.4 Å². The minimum atomic E-state index is -0.250. The van der Waals surface area contributed by atoms with Crippen molar-refractivity contribution in [2.75, 3.05) is 17.3 Å². The van der Waals surface area contributed by atoms with Gasteiger partial charge < -0.3 is 24.8 Å². The Kier molecular flexibility index (Phi) is 6.63. The van der Waals surface area contributed by atoms with Crippen molar-refractivity contribution in [2.24, 2.45) is 0 Å². The third-order valence-corrected chi connectivity index (χ3v) is 6.59. The summed E-state index contributed by atoms with van der Waals surface area (Å²) in [4.78, 5) is 18.5. The summed E-state index contributed by atoms with van der Waals surface area (Å²) in [5, 5.41) is 7.53. The molecule has 36 heavy (non-hydrogen) atoms. The Labute approximate surface area is 219 Å². The number of thiocarbonyl (C=S) groups is 1. The van der Waals surface area contributed by atoms with Gasteiger partial charge in [-0.3, -0.25) is 9.78 Å². The van der Waals surface area contributed by atoms with E-state index in [1.807, 2.05) is 72.9 Å². The first-order valence-corrected chi connectivity index (χ1v) is 12.1. The van der Waals surface area contributed by atoms with E-state index in [4.69, 9.17) is 28.6 Å². The van der Waals surface area contributed by atoms with E-state index in [0.29, 0.717) is 21.6 Å². The van der Waals surface area contributed by atoms with Crippen LogP contribution in [0.25, 0.3) is 5.69 Å². The van der Waals surface area contributed by atoms with E-state index in [0.717, 1.165) is 22.8 Å². The van der Waals surface area contributed by atoms with Gasteiger partial charge in [0.05, 0.1) is 24.5 Å². The summed E-state index contributed by atoms with van der Waals surface area (Å²) in [7, 11) is 1.57. The molecule has 0 radical (unpaired) electrons. The van der Waals surface area contributed by atoms with Gasteiger partial charge >= 0.3 is 0 Å². The number of carbonyl (C=O) groups is 1. The zero-order chi connectivity index (χ0) is 25.2. The van der Waals surface area contributed by atoms with E-state index in [9.17, 15) is 4.79 Å². The molecule has 2 aromatic carbocycles. The standard InChI is InChI=1S/C27H24ClN5O2S/c1-17(34)30-22-16-20(11-12-24(22)35-2)33-26(25(31-27(33)36)21-9-3-4-13-29-21)23-10-6-14-32(23)19-8-5-7-18(28)15-19/h3-16,25-26H,1-2H3,(H,30,34)(H,31,36)/t25-,26-/m0/s1. The molecular weight excluding hydrogens is 494 g/mol. The smallest absolute Gasteiger partial charge is 0.221 e. The lowest BCUT2D eigenvalue weighted by atomic mass is 10.0.